The van der Waals surface area contributed by atoms with Gasteiger partial charge in [0.2, 0.25) is 0 Å². The number of hydrogen-bond donors (Lipinski definition) is 1. The predicted octanol–water partition coefficient (Wildman–Crippen LogP) is 1.76. The zero-order valence-corrected chi connectivity index (χ0v) is 14.0. The number of sulfone groups is 1. The van der Waals surface area contributed by atoms with Crippen LogP contribution >= 0.6 is 0 Å². The van der Waals surface area contributed by atoms with Crippen LogP contribution in [0.4, 0.5) is 0 Å². The van der Waals surface area contributed by atoms with Crippen molar-refractivity contribution in [3.05, 3.63) is 0 Å². The molecule has 0 rings (SSSR count). The predicted molar refractivity (Wildman–Crippen MR) is 81.1 cm³/mol. The molecule has 0 saturated carbocycles. The Labute approximate surface area is 123 Å². The fourth-order valence-corrected chi connectivity index (χ4v) is 3.91. The Balaban J connectivity index is 5.06. The molecule has 120 valence electrons. The summed E-state index contributed by atoms with van der Waals surface area (Å²) in [5.41, 5.74) is 4.91. The first kappa shape index (κ1) is 19.4. The molecule has 0 aliphatic rings. The summed E-state index contributed by atoms with van der Waals surface area (Å²) >= 11 is 0. The summed E-state index contributed by atoms with van der Waals surface area (Å²) in [6.45, 7) is 7.94. The third kappa shape index (κ3) is 6.22. The van der Waals surface area contributed by atoms with Gasteiger partial charge in [0, 0.05) is 12.3 Å². The van der Waals surface area contributed by atoms with Gasteiger partial charge in [-0.3, -0.25) is 4.79 Å². The molecule has 0 radical (unpaired) electrons. The van der Waals surface area contributed by atoms with E-state index in [-0.39, 0.29) is 43.0 Å². The molecule has 0 aromatic heterocycles. The van der Waals surface area contributed by atoms with Gasteiger partial charge in [0.05, 0.1) is 17.8 Å². The fourth-order valence-electron chi connectivity index (χ4n) is 2.39. The summed E-state index contributed by atoms with van der Waals surface area (Å²) in [5, 5.41) is 0. The van der Waals surface area contributed by atoms with Crippen LogP contribution in [0.25, 0.3) is 0 Å². The molecule has 0 aliphatic carbocycles. The summed E-state index contributed by atoms with van der Waals surface area (Å²) < 4.78 is 28.8. The number of hydrogen-bond acceptors (Lipinski definition) is 5. The lowest BCUT2D eigenvalue weighted by atomic mass is 9.78. The molecule has 2 N–H and O–H groups in total. The molecule has 5 nitrogen and oxygen atoms in total. The largest absolute Gasteiger partial charge is 0.466 e. The van der Waals surface area contributed by atoms with Gasteiger partial charge in [0.15, 0.2) is 0 Å². The lowest BCUT2D eigenvalue weighted by Gasteiger charge is -2.31. The Morgan fingerprint density at radius 2 is 1.85 bits per heavy atom. The van der Waals surface area contributed by atoms with Crippen LogP contribution in [0, 0.1) is 11.3 Å². The molecule has 0 fully saturated rings. The average Bonchev–Trinajstić information content (AvgIpc) is 2.34. The SMILES string of the molecule is CCCS(=O)(=O)CCC(CN)(CC(C)C)C(=O)OCC. The van der Waals surface area contributed by atoms with E-state index in [1.165, 1.54) is 0 Å². The smallest absolute Gasteiger partial charge is 0.313 e. The highest BCUT2D eigenvalue weighted by Crippen LogP contribution is 2.32. The van der Waals surface area contributed by atoms with E-state index in [1.807, 2.05) is 20.8 Å². The average molecular weight is 307 g/mol. The van der Waals surface area contributed by atoms with E-state index in [9.17, 15) is 13.2 Å². The highest BCUT2D eigenvalue weighted by atomic mass is 32.2. The van der Waals surface area contributed by atoms with Crippen molar-refractivity contribution in [3.8, 4) is 0 Å². The van der Waals surface area contributed by atoms with E-state index < -0.39 is 15.3 Å². The van der Waals surface area contributed by atoms with Crippen LogP contribution < -0.4 is 5.73 Å². The number of nitrogens with two attached hydrogens (primary N) is 1. The lowest BCUT2D eigenvalue weighted by Crippen LogP contribution is -2.42. The topological polar surface area (TPSA) is 86.5 Å². The first-order valence-corrected chi connectivity index (χ1v) is 9.13. The molecule has 0 aliphatic heterocycles. The molecule has 0 saturated heterocycles. The van der Waals surface area contributed by atoms with Crippen LogP contribution in [-0.4, -0.2) is 39.0 Å². The van der Waals surface area contributed by atoms with Crippen LogP contribution in [0.5, 0.6) is 0 Å². The van der Waals surface area contributed by atoms with Gasteiger partial charge in [0.25, 0.3) is 0 Å². The number of carbonyl (C=O) groups is 1. The Hall–Kier alpha value is -0.620. The van der Waals surface area contributed by atoms with E-state index in [0.717, 1.165) is 0 Å². The first-order valence-electron chi connectivity index (χ1n) is 7.30. The van der Waals surface area contributed by atoms with E-state index in [1.54, 1.807) is 6.92 Å². The molecule has 0 aromatic carbocycles. The van der Waals surface area contributed by atoms with Gasteiger partial charge >= 0.3 is 5.97 Å². The van der Waals surface area contributed by atoms with E-state index in [4.69, 9.17) is 10.5 Å². The second kappa shape index (κ2) is 8.62. The summed E-state index contributed by atoms with van der Waals surface area (Å²) in [7, 11) is -3.12. The quantitative estimate of drug-likeness (QED) is 0.621. The van der Waals surface area contributed by atoms with Crippen LogP contribution in [0.2, 0.25) is 0 Å². The van der Waals surface area contributed by atoms with Gasteiger partial charge in [-0.1, -0.05) is 20.8 Å². The van der Waals surface area contributed by atoms with Gasteiger partial charge in [-0.05, 0) is 32.1 Å². The Morgan fingerprint density at radius 3 is 2.25 bits per heavy atom. The summed E-state index contributed by atoms with van der Waals surface area (Å²) in [4.78, 5) is 12.2. The highest BCUT2D eigenvalue weighted by Gasteiger charge is 2.39. The fraction of sp³-hybridized carbons (Fsp3) is 0.929. The Kier molecular flexibility index (Phi) is 8.35. The zero-order chi connectivity index (χ0) is 15.8. The molecule has 0 heterocycles. The molecular weight excluding hydrogens is 278 g/mol. The van der Waals surface area contributed by atoms with Crippen molar-refractivity contribution in [2.24, 2.45) is 17.1 Å². The minimum Gasteiger partial charge on any atom is -0.466 e. The molecule has 1 unspecified atom stereocenters. The van der Waals surface area contributed by atoms with Gasteiger partial charge in [0.1, 0.15) is 9.84 Å². The Morgan fingerprint density at radius 1 is 1.25 bits per heavy atom. The maximum atomic E-state index is 12.2. The van der Waals surface area contributed by atoms with Gasteiger partial charge in [-0.2, -0.15) is 0 Å². The minimum atomic E-state index is -3.12. The van der Waals surface area contributed by atoms with Crippen LogP contribution in [0.3, 0.4) is 0 Å². The van der Waals surface area contributed by atoms with Crippen LogP contribution in [0.1, 0.15) is 47.0 Å². The molecule has 6 heteroatoms. The molecule has 0 spiro atoms. The maximum Gasteiger partial charge on any atom is 0.313 e. The normalized spacial score (nSPS) is 15.1. The number of rotatable bonds is 10. The Bertz CT molecular complexity index is 392. The van der Waals surface area contributed by atoms with Gasteiger partial charge < -0.3 is 10.5 Å². The van der Waals surface area contributed by atoms with E-state index >= 15 is 0 Å². The van der Waals surface area contributed by atoms with Crippen LogP contribution in [0.15, 0.2) is 0 Å². The van der Waals surface area contributed by atoms with Crippen molar-refractivity contribution < 1.29 is 17.9 Å². The molecular formula is C14H29NO4S. The maximum absolute atomic E-state index is 12.2. The number of carbonyl (C=O) groups excluding carboxylic acids is 1. The zero-order valence-electron chi connectivity index (χ0n) is 13.1. The third-order valence-electron chi connectivity index (χ3n) is 3.30. The van der Waals surface area contributed by atoms with E-state index in [2.05, 4.69) is 0 Å². The lowest BCUT2D eigenvalue weighted by molar-refractivity contribution is -0.156. The first-order chi connectivity index (χ1) is 9.23. The van der Waals surface area contributed by atoms with E-state index in [0.29, 0.717) is 12.8 Å². The highest BCUT2D eigenvalue weighted by molar-refractivity contribution is 7.91. The summed E-state index contributed by atoms with van der Waals surface area (Å²) in [5.74, 6) is 0.0154. The van der Waals surface area contributed by atoms with Crippen molar-refractivity contribution >= 4 is 15.8 Å². The molecule has 20 heavy (non-hydrogen) atoms. The number of ether oxygens (including phenoxy) is 1. The molecule has 0 aromatic rings. The van der Waals surface area contributed by atoms with Crippen molar-refractivity contribution in [3.63, 3.8) is 0 Å². The van der Waals surface area contributed by atoms with Crippen molar-refractivity contribution in [2.75, 3.05) is 24.7 Å². The van der Waals surface area contributed by atoms with Gasteiger partial charge in [-0.15, -0.1) is 0 Å². The van der Waals surface area contributed by atoms with Gasteiger partial charge in [-0.25, -0.2) is 8.42 Å². The van der Waals surface area contributed by atoms with Crippen molar-refractivity contribution in [2.45, 2.75) is 47.0 Å². The van der Waals surface area contributed by atoms with Crippen LogP contribution in [-0.2, 0) is 19.4 Å². The summed E-state index contributed by atoms with van der Waals surface area (Å²) in [6.07, 6.45) is 1.37. The minimum absolute atomic E-state index is 0.0103. The third-order valence-corrected chi connectivity index (χ3v) is 5.16. The number of esters is 1. The van der Waals surface area contributed by atoms with Crippen molar-refractivity contribution in [1.29, 1.82) is 0 Å². The van der Waals surface area contributed by atoms with Crippen molar-refractivity contribution in [1.82, 2.24) is 0 Å². The second-order valence-corrected chi connectivity index (χ2v) is 8.01. The molecule has 0 bridgehead atoms. The molecule has 0 amide bonds. The second-order valence-electron chi connectivity index (χ2n) is 5.70. The standard InChI is InChI=1S/C14H29NO4S/c1-5-8-20(17,18)9-7-14(11-15,10-12(3)4)13(16)19-6-2/h12H,5-11,15H2,1-4H3. The monoisotopic (exact) mass is 307 g/mol. The summed E-state index contributed by atoms with van der Waals surface area (Å²) in [6, 6.07) is 0. The molecule has 1 atom stereocenters.